The molecule has 1 aromatic carbocycles. The summed E-state index contributed by atoms with van der Waals surface area (Å²) in [5.74, 6) is 0.132. The van der Waals surface area contributed by atoms with Gasteiger partial charge < -0.3 is 4.74 Å². The van der Waals surface area contributed by atoms with Crippen LogP contribution >= 0.6 is 34.8 Å². The van der Waals surface area contributed by atoms with Gasteiger partial charge >= 0.3 is 0 Å². The van der Waals surface area contributed by atoms with Crippen molar-refractivity contribution in [1.82, 2.24) is 4.31 Å². The van der Waals surface area contributed by atoms with Crippen molar-refractivity contribution in [2.45, 2.75) is 35.8 Å². The number of fused-ring (bicyclic) bond motifs is 2. The van der Waals surface area contributed by atoms with E-state index in [0.717, 1.165) is 12.8 Å². The van der Waals surface area contributed by atoms with Gasteiger partial charge in [0, 0.05) is 24.0 Å². The molecule has 2 unspecified atom stereocenters. The lowest BCUT2D eigenvalue weighted by Crippen LogP contribution is -2.45. The van der Waals surface area contributed by atoms with Gasteiger partial charge in [-0.2, -0.15) is 4.31 Å². The van der Waals surface area contributed by atoms with Gasteiger partial charge in [0.2, 0.25) is 10.0 Å². The van der Waals surface area contributed by atoms with Crippen molar-refractivity contribution in [2.75, 3.05) is 13.1 Å². The molecule has 0 amide bonds. The van der Waals surface area contributed by atoms with Gasteiger partial charge in [0.25, 0.3) is 0 Å². The Labute approximate surface area is 139 Å². The molecule has 21 heavy (non-hydrogen) atoms. The summed E-state index contributed by atoms with van der Waals surface area (Å²) in [5, 5.41) is 0.490. The van der Waals surface area contributed by atoms with Gasteiger partial charge in [0.1, 0.15) is 4.90 Å². The molecular formula is C13H14Cl3NO3S. The van der Waals surface area contributed by atoms with E-state index in [4.69, 9.17) is 39.5 Å². The van der Waals surface area contributed by atoms with Crippen LogP contribution in [0.5, 0.6) is 0 Å². The maximum absolute atomic E-state index is 12.8. The summed E-state index contributed by atoms with van der Waals surface area (Å²) in [6, 6.07) is 2.90. The van der Waals surface area contributed by atoms with Gasteiger partial charge in [-0.1, -0.05) is 23.2 Å². The van der Waals surface area contributed by atoms with E-state index in [-0.39, 0.29) is 28.0 Å². The molecule has 0 saturated carbocycles. The minimum Gasteiger partial charge on any atom is -0.372 e. The second-order valence-corrected chi connectivity index (χ2v) is 8.28. The molecule has 116 valence electrons. The first-order chi connectivity index (χ1) is 9.91. The van der Waals surface area contributed by atoms with Crippen LogP contribution in [-0.4, -0.2) is 38.0 Å². The standard InChI is InChI=1S/C13H14Cl3NO3S/c14-5-8-3-13(12(16)4-11(8)15)21(18,19)17-6-9-1-2-10(7-17)20-9/h3-4,9-10H,1-2,5-7H2. The first kappa shape index (κ1) is 15.8. The number of rotatable bonds is 3. The summed E-state index contributed by atoms with van der Waals surface area (Å²) in [6.07, 6.45) is 1.77. The molecule has 1 aromatic rings. The van der Waals surface area contributed by atoms with Crippen molar-refractivity contribution in [3.63, 3.8) is 0 Å². The number of nitrogens with zero attached hydrogens (tertiary/aromatic N) is 1. The highest BCUT2D eigenvalue weighted by atomic mass is 35.5. The highest BCUT2D eigenvalue weighted by Gasteiger charge is 2.40. The summed E-state index contributed by atoms with van der Waals surface area (Å²) in [7, 11) is -3.66. The van der Waals surface area contributed by atoms with Gasteiger partial charge in [0.05, 0.1) is 17.2 Å². The van der Waals surface area contributed by atoms with Crippen LogP contribution in [0.1, 0.15) is 18.4 Å². The van der Waals surface area contributed by atoms with Crippen LogP contribution in [0.4, 0.5) is 0 Å². The molecule has 0 radical (unpaired) electrons. The van der Waals surface area contributed by atoms with Crippen molar-refractivity contribution in [3.05, 3.63) is 27.7 Å². The van der Waals surface area contributed by atoms with E-state index in [1.165, 1.54) is 16.4 Å². The van der Waals surface area contributed by atoms with E-state index in [2.05, 4.69) is 0 Å². The van der Waals surface area contributed by atoms with Crippen molar-refractivity contribution in [1.29, 1.82) is 0 Å². The molecule has 2 atom stereocenters. The molecule has 2 aliphatic rings. The fourth-order valence-electron chi connectivity index (χ4n) is 2.78. The molecular weight excluding hydrogens is 357 g/mol. The van der Waals surface area contributed by atoms with E-state index < -0.39 is 10.0 Å². The number of benzene rings is 1. The lowest BCUT2D eigenvalue weighted by Gasteiger charge is -2.31. The van der Waals surface area contributed by atoms with Crippen molar-refractivity contribution >= 4 is 44.8 Å². The zero-order valence-electron chi connectivity index (χ0n) is 11.1. The number of halogens is 3. The summed E-state index contributed by atoms with van der Waals surface area (Å²) in [5.41, 5.74) is 0.553. The predicted octanol–water partition coefficient (Wildman–Crippen LogP) is 3.28. The normalized spacial score (nSPS) is 26.2. The zero-order chi connectivity index (χ0) is 15.2. The van der Waals surface area contributed by atoms with E-state index in [1.54, 1.807) is 0 Å². The van der Waals surface area contributed by atoms with Gasteiger partial charge in [-0.25, -0.2) is 8.42 Å². The SMILES string of the molecule is O=S(=O)(c1cc(CCl)c(Cl)cc1Cl)N1CC2CCC(C1)O2. The Bertz CT molecular complexity index is 653. The summed E-state index contributed by atoms with van der Waals surface area (Å²) in [6.45, 7) is 0.738. The minimum atomic E-state index is -3.66. The lowest BCUT2D eigenvalue weighted by molar-refractivity contribution is -0.0114. The molecule has 0 spiro atoms. The highest BCUT2D eigenvalue weighted by Crippen LogP contribution is 2.34. The molecule has 2 aliphatic heterocycles. The number of hydrogen-bond acceptors (Lipinski definition) is 3. The topological polar surface area (TPSA) is 46.6 Å². The zero-order valence-corrected chi connectivity index (χ0v) is 14.1. The molecule has 2 heterocycles. The van der Waals surface area contributed by atoms with Crippen molar-refractivity contribution in [2.24, 2.45) is 0 Å². The maximum atomic E-state index is 12.8. The number of ether oxygens (including phenoxy) is 1. The van der Waals surface area contributed by atoms with Crippen LogP contribution in [0.3, 0.4) is 0 Å². The van der Waals surface area contributed by atoms with Gasteiger partial charge in [0.15, 0.2) is 0 Å². The highest BCUT2D eigenvalue weighted by molar-refractivity contribution is 7.89. The Morgan fingerprint density at radius 3 is 2.33 bits per heavy atom. The van der Waals surface area contributed by atoms with Crippen LogP contribution < -0.4 is 0 Å². The van der Waals surface area contributed by atoms with Crippen molar-refractivity contribution < 1.29 is 13.2 Å². The molecule has 3 rings (SSSR count). The van der Waals surface area contributed by atoms with Gasteiger partial charge in [-0.15, -0.1) is 11.6 Å². The maximum Gasteiger partial charge on any atom is 0.244 e. The summed E-state index contributed by atoms with van der Waals surface area (Å²) >= 11 is 17.9. The second kappa shape index (κ2) is 5.87. The first-order valence-corrected chi connectivity index (χ1v) is 9.34. The Kier molecular flexibility index (Phi) is 4.43. The fourth-order valence-corrected chi connectivity index (χ4v) is 5.42. The lowest BCUT2D eigenvalue weighted by atomic mass is 10.2. The van der Waals surface area contributed by atoms with Gasteiger partial charge in [-0.05, 0) is 30.5 Å². The first-order valence-electron chi connectivity index (χ1n) is 6.61. The van der Waals surface area contributed by atoms with Crippen LogP contribution in [-0.2, 0) is 20.6 Å². The van der Waals surface area contributed by atoms with Gasteiger partial charge in [-0.3, -0.25) is 0 Å². The number of alkyl halides is 1. The third-order valence-electron chi connectivity index (χ3n) is 3.87. The predicted molar refractivity (Wildman–Crippen MR) is 82.7 cm³/mol. The summed E-state index contributed by atoms with van der Waals surface area (Å²) in [4.78, 5) is 0.0607. The third kappa shape index (κ3) is 2.92. The molecule has 4 nitrogen and oxygen atoms in total. The molecule has 2 saturated heterocycles. The van der Waals surface area contributed by atoms with Crippen LogP contribution in [0.15, 0.2) is 17.0 Å². The third-order valence-corrected chi connectivity index (χ3v) is 6.81. The van der Waals surface area contributed by atoms with Crippen LogP contribution in [0.25, 0.3) is 0 Å². The average Bonchev–Trinajstić information content (AvgIpc) is 2.77. The van der Waals surface area contributed by atoms with E-state index in [9.17, 15) is 8.42 Å². The van der Waals surface area contributed by atoms with E-state index in [1.807, 2.05) is 0 Å². The number of morpholine rings is 1. The molecule has 8 heteroatoms. The Morgan fingerprint density at radius 2 is 1.76 bits per heavy atom. The molecule has 0 aliphatic carbocycles. The van der Waals surface area contributed by atoms with Crippen LogP contribution in [0, 0.1) is 0 Å². The number of sulfonamides is 1. The molecule has 2 bridgehead atoms. The molecule has 2 fully saturated rings. The molecule has 0 N–H and O–H groups in total. The summed E-state index contributed by atoms with van der Waals surface area (Å²) < 4.78 is 32.7. The van der Waals surface area contributed by atoms with E-state index in [0.29, 0.717) is 23.7 Å². The Hall–Kier alpha value is -0.0400. The second-order valence-electron chi connectivity index (χ2n) is 5.29. The quantitative estimate of drug-likeness (QED) is 0.767. The Morgan fingerprint density at radius 1 is 1.14 bits per heavy atom. The number of hydrogen-bond donors (Lipinski definition) is 0. The van der Waals surface area contributed by atoms with E-state index >= 15 is 0 Å². The smallest absolute Gasteiger partial charge is 0.244 e. The monoisotopic (exact) mass is 369 g/mol. The average molecular weight is 371 g/mol. The van der Waals surface area contributed by atoms with Crippen molar-refractivity contribution in [3.8, 4) is 0 Å². The minimum absolute atomic E-state index is 0.0166. The Balaban J connectivity index is 1.98. The fraction of sp³-hybridized carbons (Fsp3) is 0.538. The van der Waals surface area contributed by atoms with Crippen LogP contribution in [0.2, 0.25) is 10.0 Å². The largest absolute Gasteiger partial charge is 0.372 e. The molecule has 0 aromatic heterocycles.